The third-order valence-electron chi connectivity index (χ3n) is 18.1. The lowest BCUT2D eigenvalue weighted by Crippen LogP contribution is -2.60. The lowest BCUT2D eigenvalue weighted by Gasteiger charge is -2.34. The number of para-hydroxylation sites is 3. The van der Waals surface area contributed by atoms with Gasteiger partial charge in [-0.2, -0.15) is 0 Å². The molecule has 13 aromatic rings. The quantitative estimate of drug-likeness (QED) is 0.144. The standard InChI is InChI=1S/C63H36B3N3/c1-4-18-43-35(14-1)32-38-27-29-41-52-53-40-17-12-23-48-58(40)69(51-26-11-16-37-31-34-13-3-6-20-45(34)66(48)55(37)51)62(53)63-54(61(52)67-49-24-9-7-21-46(49)64(43)56(38)59(41)67)42-30-28-39-33-36-15-2-5-19-44(36)65-47-22-8-10-25-50(47)68(63)60(42)57(39)65/h1-30H,31-33H2. The van der Waals surface area contributed by atoms with Crippen LogP contribution in [0.25, 0.3) is 82.5 Å². The van der Waals surface area contributed by atoms with E-state index in [1.54, 1.807) is 0 Å². The van der Waals surface area contributed by atoms with E-state index in [0.29, 0.717) is 0 Å². The van der Waals surface area contributed by atoms with Gasteiger partial charge in [0.05, 0.1) is 16.6 Å². The van der Waals surface area contributed by atoms with E-state index in [1.165, 1.54) is 165 Å². The lowest BCUT2D eigenvalue weighted by atomic mass is 9.32. The van der Waals surface area contributed by atoms with E-state index in [4.69, 9.17) is 0 Å². The molecule has 0 atom stereocenters. The first-order valence-electron chi connectivity index (χ1n) is 24.9. The molecule has 0 saturated carbocycles. The molecule has 0 bridgehead atoms. The second-order valence-corrected chi connectivity index (χ2v) is 20.9. The van der Waals surface area contributed by atoms with E-state index in [0.717, 1.165) is 19.3 Å². The highest BCUT2D eigenvalue weighted by Crippen LogP contribution is 2.51. The Labute approximate surface area is 398 Å². The number of nitrogens with zero attached hydrogens (tertiary/aromatic N) is 3. The van der Waals surface area contributed by atoms with Crippen LogP contribution in [0.1, 0.15) is 33.4 Å². The lowest BCUT2D eigenvalue weighted by molar-refractivity contribution is 1.13. The molecule has 0 unspecified atom stereocenters. The fraction of sp³-hybridized carbons (Fsp3) is 0.0476. The maximum atomic E-state index is 2.76. The molecule has 3 aromatic heterocycles. The summed E-state index contributed by atoms with van der Waals surface area (Å²) in [5.41, 5.74) is 33.7. The average Bonchev–Trinajstić information content (AvgIpc) is 4.06. The minimum absolute atomic E-state index is 0.157. The molecule has 9 heterocycles. The molecule has 0 aliphatic carbocycles. The van der Waals surface area contributed by atoms with Crippen LogP contribution in [-0.4, -0.2) is 33.8 Å². The van der Waals surface area contributed by atoms with Crippen LogP contribution in [-0.2, 0) is 19.3 Å². The zero-order chi connectivity index (χ0) is 44.1. The van der Waals surface area contributed by atoms with Crippen molar-refractivity contribution in [2.24, 2.45) is 0 Å². The molecule has 0 radical (unpaired) electrons. The van der Waals surface area contributed by atoms with Crippen LogP contribution in [0, 0.1) is 0 Å². The Morgan fingerprint density at radius 2 is 0.638 bits per heavy atom. The fourth-order valence-electron chi connectivity index (χ4n) is 15.7. The summed E-state index contributed by atoms with van der Waals surface area (Å²) in [7, 11) is 0. The Morgan fingerprint density at radius 3 is 1.25 bits per heavy atom. The van der Waals surface area contributed by atoms with E-state index < -0.39 is 0 Å². The van der Waals surface area contributed by atoms with Crippen molar-refractivity contribution in [3.63, 3.8) is 0 Å². The average molecular weight is 867 g/mol. The van der Waals surface area contributed by atoms with Crippen molar-refractivity contribution in [3.8, 4) is 17.1 Å². The van der Waals surface area contributed by atoms with Gasteiger partial charge >= 0.3 is 0 Å². The highest BCUT2D eigenvalue weighted by Gasteiger charge is 2.45. The van der Waals surface area contributed by atoms with Crippen molar-refractivity contribution in [2.45, 2.75) is 19.3 Å². The summed E-state index contributed by atoms with van der Waals surface area (Å²) in [5.74, 6) is 0. The summed E-state index contributed by atoms with van der Waals surface area (Å²) >= 11 is 0. The highest BCUT2D eigenvalue weighted by molar-refractivity contribution is 7.00. The molecule has 6 aliphatic heterocycles. The largest absolute Gasteiger partial charge is 0.310 e. The molecule has 19 rings (SSSR count). The first-order chi connectivity index (χ1) is 34.3. The second kappa shape index (κ2) is 11.7. The summed E-state index contributed by atoms with van der Waals surface area (Å²) in [4.78, 5) is 0. The summed E-state index contributed by atoms with van der Waals surface area (Å²) in [5, 5.41) is 8.16. The van der Waals surface area contributed by atoms with Crippen molar-refractivity contribution in [3.05, 3.63) is 215 Å². The van der Waals surface area contributed by atoms with Crippen molar-refractivity contribution >= 4 is 135 Å². The first kappa shape index (κ1) is 35.0. The zero-order valence-electron chi connectivity index (χ0n) is 37.5. The molecule has 0 fully saturated rings. The van der Waals surface area contributed by atoms with Crippen molar-refractivity contribution in [1.82, 2.24) is 13.7 Å². The number of benzene rings is 10. The number of aromatic nitrogens is 3. The maximum absolute atomic E-state index is 2.76. The molecule has 69 heavy (non-hydrogen) atoms. The Kier molecular flexibility index (Phi) is 5.95. The van der Waals surface area contributed by atoms with E-state index >= 15 is 0 Å². The molecule has 6 heteroatoms. The summed E-state index contributed by atoms with van der Waals surface area (Å²) in [6.45, 7) is 0.483. The predicted molar refractivity (Wildman–Crippen MR) is 291 cm³/mol. The summed E-state index contributed by atoms with van der Waals surface area (Å²) < 4.78 is 8.28. The molecule has 0 saturated heterocycles. The fourth-order valence-corrected chi connectivity index (χ4v) is 15.7. The van der Waals surface area contributed by atoms with E-state index in [2.05, 4.69) is 196 Å². The summed E-state index contributed by atoms with van der Waals surface area (Å²) in [6.07, 6.45) is 2.84. The van der Waals surface area contributed by atoms with Crippen LogP contribution in [0.15, 0.2) is 182 Å². The van der Waals surface area contributed by atoms with Gasteiger partial charge in [-0.3, -0.25) is 0 Å². The predicted octanol–water partition coefficient (Wildman–Crippen LogP) is 7.18. The van der Waals surface area contributed by atoms with Crippen molar-refractivity contribution in [1.29, 1.82) is 0 Å². The number of fused-ring (bicyclic) bond motifs is 26. The molecular weight excluding hydrogens is 831 g/mol. The van der Waals surface area contributed by atoms with Crippen LogP contribution in [0.3, 0.4) is 0 Å². The van der Waals surface area contributed by atoms with Crippen LogP contribution in [0.5, 0.6) is 0 Å². The third-order valence-corrected chi connectivity index (χ3v) is 18.1. The molecule has 10 aromatic carbocycles. The van der Waals surface area contributed by atoms with Crippen LogP contribution in [0.2, 0.25) is 0 Å². The Bertz CT molecular complexity index is 4680. The highest BCUT2D eigenvalue weighted by atomic mass is 15.1. The van der Waals surface area contributed by atoms with Gasteiger partial charge in [0.15, 0.2) is 0 Å². The van der Waals surface area contributed by atoms with Gasteiger partial charge in [-0.05, 0) is 104 Å². The Hall–Kier alpha value is -8.21. The van der Waals surface area contributed by atoms with E-state index in [9.17, 15) is 0 Å². The molecule has 312 valence electrons. The van der Waals surface area contributed by atoms with Gasteiger partial charge in [0, 0.05) is 65.9 Å². The maximum Gasteiger partial charge on any atom is 0.247 e. The molecular formula is C63H36B3N3. The van der Waals surface area contributed by atoms with Gasteiger partial charge in [0.25, 0.3) is 0 Å². The molecule has 0 N–H and O–H groups in total. The van der Waals surface area contributed by atoms with Gasteiger partial charge in [-0.1, -0.05) is 180 Å². The van der Waals surface area contributed by atoms with Gasteiger partial charge < -0.3 is 13.7 Å². The van der Waals surface area contributed by atoms with Gasteiger partial charge in [0.2, 0.25) is 20.1 Å². The number of rotatable bonds is 0. The number of hydrogen-bond acceptors (Lipinski definition) is 0. The Morgan fingerprint density at radius 1 is 0.246 bits per heavy atom. The van der Waals surface area contributed by atoms with Crippen LogP contribution >= 0.6 is 0 Å². The van der Waals surface area contributed by atoms with E-state index in [1.807, 2.05) is 0 Å². The molecule has 0 amide bonds. The normalized spacial score (nSPS) is 14.7. The topological polar surface area (TPSA) is 14.8 Å². The monoisotopic (exact) mass is 867 g/mol. The van der Waals surface area contributed by atoms with Crippen LogP contribution in [0.4, 0.5) is 0 Å². The van der Waals surface area contributed by atoms with Crippen LogP contribution < -0.4 is 49.2 Å². The minimum Gasteiger partial charge on any atom is -0.310 e. The van der Waals surface area contributed by atoms with Gasteiger partial charge in [-0.15, -0.1) is 0 Å². The number of hydrogen-bond donors (Lipinski definition) is 0. The van der Waals surface area contributed by atoms with Gasteiger partial charge in [-0.25, -0.2) is 0 Å². The Balaban J connectivity index is 1.11. The zero-order valence-corrected chi connectivity index (χ0v) is 37.5. The second-order valence-electron chi connectivity index (χ2n) is 20.9. The molecule has 0 spiro atoms. The molecule has 6 aliphatic rings. The molecule has 3 nitrogen and oxygen atoms in total. The minimum atomic E-state index is 0.157. The van der Waals surface area contributed by atoms with Crippen molar-refractivity contribution < 1.29 is 0 Å². The van der Waals surface area contributed by atoms with E-state index in [-0.39, 0.29) is 20.1 Å². The third kappa shape index (κ3) is 3.82. The summed E-state index contributed by atoms with van der Waals surface area (Å²) in [6, 6.07) is 71.1. The SMILES string of the molecule is c1ccc2c(c1)Cc1ccc3c4c5c6cccc7c6n(c5c5c(c6ccc8c9c6n5-c5ccccc5B9c5ccccc5C8)c4n4c3c1B2c1ccccc1-4)-c1cccc2c1B7c1ccccc1C2. The van der Waals surface area contributed by atoms with Crippen molar-refractivity contribution in [2.75, 3.05) is 0 Å². The smallest absolute Gasteiger partial charge is 0.247 e. The van der Waals surface area contributed by atoms with Gasteiger partial charge in [0.1, 0.15) is 0 Å². The first-order valence-corrected chi connectivity index (χ1v) is 24.9.